The largest absolute Gasteiger partial charge is 0.359 e. The molecule has 1 atom stereocenters. The topological polar surface area (TPSA) is 38.1 Å². The minimum atomic E-state index is 0.438. The first-order valence-electron chi connectivity index (χ1n) is 5.63. The lowest BCUT2D eigenvalue weighted by Crippen LogP contribution is -2.16. The fraction of sp³-hybridized carbons (Fsp3) is 0.727. The van der Waals surface area contributed by atoms with Gasteiger partial charge >= 0.3 is 0 Å². The van der Waals surface area contributed by atoms with Crippen LogP contribution in [0.1, 0.15) is 55.4 Å². The minimum absolute atomic E-state index is 0.438. The van der Waals surface area contributed by atoms with Gasteiger partial charge in [0.25, 0.3) is 0 Å². The van der Waals surface area contributed by atoms with E-state index in [1.165, 1.54) is 37.7 Å². The zero-order valence-corrected chi connectivity index (χ0v) is 8.33. The first-order valence-corrected chi connectivity index (χ1v) is 5.63. The highest BCUT2D eigenvalue weighted by Crippen LogP contribution is 2.40. The van der Waals surface area contributed by atoms with Gasteiger partial charge in [-0.2, -0.15) is 0 Å². The summed E-state index contributed by atoms with van der Waals surface area (Å²) in [5.74, 6) is 1.85. The van der Waals surface area contributed by atoms with E-state index in [9.17, 15) is 0 Å². The number of hydrogen-bond acceptors (Lipinski definition) is 3. The van der Waals surface area contributed by atoms with Crippen LogP contribution in [-0.4, -0.2) is 11.7 Å². The van der Waals surface area contributed by atoms with E-state index in [2.05, 4.69) is 10.5 Å². The average Bonchev–Trinajstić information content (AvgIpc) is 2.66. The molecule has 1 aromatic rings. The third-order valence-electron chi connectivity index (χ3n) is 3.55. The van der Waals surface area contributed by atoms with Crippen molar-refractivity contribution in [3.63, 3.8) is 0 Å². The van der Waals surface area contributed by atoms with Gasteiger partial charge in [0, 0.05) is 5.56 Å². The van der Waals surface area contributed by atoms with Crippen molar-refractivity contribution >= 4 is 0 Å². The van der Waals surface area contributed by atoms with Crippen molar-refractivity contribution in [1.29, 1.82) is 0 Å². The SMILES string of the molecule is c1noc(C2CCCN2)c1C1CCC1. The first-order chi connectivity index (χ1) is 6.95. The van der Waals surface area contributed by atoms with E-state index >= 15 is 0 Å². The molecule has 0 amide bonds. The van der Waals surface area contributed by atoms with Gasteiger partial charge in [0.15, 0.2) is 5.76 Å². The van der Waals surface area contributed by atoms with Crippen LogP contribution in [0.2, 0.25) is 0 Å². The molecule has 3 nitrogen and oxygen atoms in total. The van der Waals surface area contributed by atoms with Crippen LogP contribution < -0.4 is 5.32 Å². The molecule has 3 rings (SSSR count). The molecular formula is C11H16N2O. The number of nitrogens with one attached hydrogen (secondary N) is 1. The molecule has 1 aliphatic heterocycles. The van der Waals surface area contributed by atoms with Crippen LogP contribution in [0.25, 0.3) is 0 Å². The predicted molar refractivity (Wildman–Crippen MR) is 53.1 cm³/mol. The lowest BCUT2D eigenvalue weighted by atomic mass is 9.79. The summed E-state index contributed by atoms with van der Waals surface area (Å²) in [6, 6.07) is 0.438. The average molecular weight is 192 g/mol. The highest BCUT2D eigenvalue weighted by molar-refractivity contribution is 5.24. The fourth-order valence-corrected chi connectivity index (χ4v) is 2.46. The molecule has 76 valence electrons. The number of rotatable bonds is 2. The van der Waals surface area contributed by atoms with Gasteiger partial charge in [-0.3, -0.25) is 0 Å². The molecule has 3 heteroatoms. The second-order valence-corrected chi connectivity index (χ2v) is 4.42. The molecule has 0 aromatic carbocycles. The summed E-state index contributed by atoms with van der Waals surface area (Å²) in [5.41, 5.74) is 1.37. The van der Waals surface area contributed by atoms with E-state index < -0.39 is 0 Å². The molecule has 14 heavy (non-hydrogen) atoms. The summed E-state index contributed by atoms with van der Waals surface area (Å²) < 4.78 is 5.39. The molecule has 1 aromatic heterocycles. The minimum Gasteiger partial charge on any atom is -0.359 e. The predicted octanol–water partition coefficient (Wildman–Crippen LogP) is 2.37. The van der Waals surface area contributed by atoms with Crippen molar-refractivity contribution in [3.05, 3.63) is 17.5 Å². The Morgan fingerprint density at radius 3 is 2.86 bits per heavy atom. The molecule has 0 spiro atoms. The first kappa shape index (κ1) is 8.48. The summed E-state index contributed by atoms with van der Waals surface area (Å²) in [6.07, 6.45) is 8.40. The fourth-order valence-electron chi connectivity index (χ4n) is 2.46. The van der Waals surface area contributed by atoms with Crippen molar-refractivity contribution in [3.8, 4) is 0 Å². The number of aromatic nitrogens is 1. The van der Waals surface area contributed by atoms with Gasteiger partial charge in [-0.15, -0.1) is 0 Å². The van der Waals surface area contributed by atoms with E-state index in [1.54, 1.807) is 0 Å². The summed E-state index contributed by atoms with van der Waals surface area (Å²) in [4.78, 5) is 0. The maximum atomic E-state index is 5.39. The summed E-state index contributed by atoms with van der Waals surface area (Å²) in [7, 11) is 0. The monoisotopic (exact) mass is 192 g/mol. The lowest BCUT2D eigenvalue weighted by Gasteiger charge is -2.25. The van der Waals surface area contributed by atoms with Crippen molar-refractivity contribution in [2.24, 2.45) is 0 Å². The molecule has 2 aliphatic rings. The zero-order chi connectivity index (χ0) is 9.38. The van der Waals surface area contributed by atoms with E-state index in [1.807, 2.05) is 6.20 Å². The summed E-state index contributed by atoms with van der Waals surface area (Å²) in [5, 5.41) is 7.42. The van der Waals surface area contributed by atoms with Crippen LogP contribution in [0.4, 0.5) is 0 Å². The molecule has 0 radical (unpaired) electrons. The Labute approximate surface area is 83.9 Å². The van der Waals surface area contributed by atoms with Crippen LogP contribution >= 0.6 is 0 Å². The van der Waals surface area contributed by atoms with Gasteiger partial charge in [0.05, 0.1) is 12.2 Å². The van der Waals surface area contributed by atoms with Crippen LogP contribution in [0, 0.1) is 0 Å². The lowest BCUT2D eigenvalue weighted by molar-refractivity contribution is 0.339. The van der Waals surface area contributed by atoms with Crippen molar-refractivity contribution in [1.82, 2.24) is 10.5 Å². The normalized spacial score (nSPS) is 27.9. The zero-order valence-electron chi connectivity index (χ0n) is 8.33. The molecule has 2 fully saturated rings. The van der Waals surface area contributed by atoms with Crippen molar-refractivity contribution < 1.29 is 4.52 Å². The maximum Gasteiger partial charge on any atom is 0.157 e. The standard InChI is InChI=1S/C11H16N2O/c1-3-8(4-1)9-7-13-14-11(9)10-5-2-6-12-10/h7-8,10,12H,1-6H2. The molecule has 0 bridgehead atoms. The van der Waals surface area contributed by atoms with Gasteiger partial charge in [-0.25, -0.2) is 0 Å². The number of nitrogens with zero attached hydrogens (tertiary/aromatic N) is 1. The maximum absolute atomic E-state index is 5.39. The molecule has 2 heterocycles. The summed E-state index contributed by atoms with van der Waals surface area (Å²) in [6.45, 7) is 1.12. The molecule has 1 N–H and O–H groups in total. The molecule has 1 saturated heterocycles. The molecule has 1 aliphatic carbocycles. The van der Waals surface area contributed by atoms with Crippen molar-refractivity contribution in [2.75, 3.05) is 6.54 Å². The van der Waals surface area contributed by atoms with Crippen LogP contribution in [-0.2, 0) is 0 Å². The van der Waals surface area contributed by atoms with Gasteiger partial charge in [-0.05, 0) is 38.1 Å². The Balaban J connectivity index is 1.85. The van der Waals surface area contributed by atoms with Crippen LogP contribution in [0.5, 0.6) is 0 Å². The Kier molecular flexibility index (Phi) is 2.05. The van der Waals surface area contributed by atoms with Crippen LogP contribution in [0.3, 0.4) is 0 Å². The van der Waals surface area contributed by atoms with Gasteiger partial charge in [0.2, 0.25) is 0 Å². The van der Waals surface area contributed by atoms with Crippen molar-refractivity contribution in [2.45, 2.75) is 44.1 Å². The molecular weight excluding hydrogens is 176 g/mol. The smallest absolute Gasteiger partial charge is 0.157 e. The van der Waals surface area contributed by atoms with E-state index in [0.717, 1.165) is 18.2 Å². The highest BCUT2D eigenvalue weighted by Gasteiger charge is 2.29. The Morgan fingerprint density at radius 2 is 2.21 bits per heavy atom. The Hall–Kier alpha value is -0.830. The Morgan fingerprint density at radius 1 is 1.29 bits per heavy atom. The highest BCUT2D eigenvalue weighted by atomic mass is 16.5. The third-order valence-corrected chi connectivity index (χ3v) is 3.55. The van der Waals surface area contributed by atoms with Crippen LogP contribution in [0.15, 0.2) is 10.7 Å². The van der Waals surface area contributed by atoms with E-state index in [4.69, 9.17) is 4.52 Å². The van der Waals surface area contributed by atoms with Gasteiger partial charge < -0.3 is 9.84 Å². The van der Waals surface area contributed by atoms with Gasteiger partial charge in [0.1, 0.15) is 0 Å². The molecule has 1 unspecified atom stereocenters. The Bertz CT molecular complexity index is 311. The van der Waals surface area contributed by atoms with Gasteiger partial charge in [-0.1, -0.05) is 11.6 Å². The third kappa shape index (κ3) is 1.27. The quantitative estimate of drug-likeness (QED) is 0.781. The van der Waals surface area contributed by atoms with E-state index in [-0.39, 0.29) is 0 Å². The summed E-state index contributed by atoms with van der Waals surface area (Å²) >= 11 is 0. The molecule has 1 saturated carbocycles. The second kappa shape index (κ2) is 3.39. The number of hydrogen-bond donors (Lipinski definition) is 1. The van der Waals surface area contributed by atoms with E-state index in [0.29, 0.717) is 6.04 Å². The second-order valence-electron chi connectivity index (χ2n) is 4.42.